The number of hydrogen-bond acceptors (Lipinski definition) is 3. The summed E-state index contributed by atoms with van der Waals surface area (Å²) in [7, 11) is 0. The fourth-order valence-electron chi connectivity index (χ4n) is 3.09. The quantitative estimate of drug-likeness (QED) is 0.603. The van der Waals surface area contributed by atoms with Crippen molar-refractivity contribution in [2.24, 2.45) is 0 Å². The van der Waals surface area contributed by atoms with Crippen LogP contribution in [0.25, 0.3) is 0 Å². The lowest BCUT2D eigenvalue weighted by molar-refractivity contribution is 0.0734. The van der Waals surface area contributed by atoms with Crippen molar-refractivity contribution in [1.29, 1.82) is 5.26 Å². The number of nitriles is 1. The number of benzene rings is 2. The van der Waals surface area contributed by atoms with Crippen LogP contribution in [0.3, 0.4) is 0 Å². The van der Waals surface area contributed by atoms with Crippen molar-refractivity contribution in [3.63, 3.8) is 0 Å². The molecule has 3 rings (SSSR count). The molecule has 0 atom stereocenters. The highest BCUT2D eigenvalue weighted by molar-refractivity contribution is 5.91. The molecule has 0 unspecified atom stereocenters. The fraction of sp³-hybridized carbons (Fsp3) is 0.300. The molecule has 0 heterocycles. The molecule has 23 heavy (non-hydrogen) atoms. The van der Waals surface area contributed by atoms with Gasteiger partial charge >= 0.3 is 5.97 Å². The molecule has 3 heteroatoms. The average Bonchev–Trinajstić information content (AvgIpc) is 2.63. The Kier molecular flexibility index (Phi) is 4.73. The van der Waals surface area contributed by atoms with E-state index in [0.29, 0.717) is 22.8 Å². The van der Waals surface area contributed by atoms with Crippen molar-refractivity contribution in [1.82, 2.24) is 0 Å². The van der Waals surface area contributed by atoms with Gasteiger partial charge in [0.05, 0.1) is 17.2 Å². The Labute approximate surface area is 136 Å². The van der Waals surface area contributed by atoms with E-state index < -0.39 is 0 Å². The van der Waals surface area contributed by atoms with Gasteiger partial charge in [0, 0.05) is 0 Å². The van der Waals surface area contributed by atoms with Gasteiger partial charge < -0.3 is 4.74 Å². The Balaban J connectivity index is 1.66. The smallest absolute Gasteiger partial charge is 0.343 e. The van der Waals surface area contributed by atoms with E-state index in [1.165, 1.54) is 37.7 Å². The maximum absolute atomic E-state index is 12.2. The third kappa shape index (κ3) is 3.78. The van der Waals surface area contributed by atoms with Gasteiger partial charge in [0.25, 0.3) is 0 Å². The zero-order valence-electron chi connectivity index (χ0n) is 13.0. The van der Waals surface area contributed by atoms with E-state index in [1.54, 1.807) is 24.3 Å². The molecule has 1 aliphatic carbocycles. The Morgan fingerprint density at radius 3 is 2.22 bits per heavy atom. The highest BCUT2D eigenvalue weighted by Crippen LogP contribution is 2.32. The van der Waals surface area contributed by atoms with Crippen molar-refractivity contribution in [2.45, 2.75) is 38.0 Å². The maximum Gasteiger partial charge on any atom is 0.343 e. The molecular formula is C20H19NO2. The first-order valence-corrected chi connectivity index (χ1v) is 8.08. The number of esters is 1. The molecule has 1 aliphatic rings. The summed E-state index contributed by atoms with van der Waals surface area (Å²) in [6, 6.07) is 16.3. The van der Waals surface area contributed by atoms with E-state index in [1.807, 2.05) is 30.3 Å². The monoisotopic (exact) mass is 305 g/mol. The van der Waals surface area contributed by atoms with E-state index in [0.717, 1.165) is 0 Å². The number of hydrogen-bond donors (Lipinski definition) is 0. The molecule has 0 aliphatic heterocycles. The lowest BCUT2D eigenvalue weighted by atomic mass is 9.84. The first-order chi connectivity index (χ1) is 11.3. The standard InChI is InChI=1S/C20H19NO2/c21-14-15-6-12-19(13-7-15)23-20(22)18-10-8-17(9-11-18)16-4-2-1-3-5-16/h6-13,16H,1-5H2. The Bertz CT molecular complexity index is 705. The fourth-order valence-corrected chi connectivity index (χ4v) is 3.09. The average molecular weight is 305 g/mol. The third-order valence-electron chi connectivity index (χ3n) is 4.42. The molecule has 116 valence electrons. The molecule has 0 spiro atoms. The molecule has 2 aromatic carbocycles. The zero-order chi connectivity index (χ0) is 16.1. The van der Waals surface area contributed by atoms with Gasteiger partial charge in [0.2, 0.25) is 0 Å². The Hall–Kier alpha value is -2.60. The lowest BCUT2D eigenvalue weighted by Crippen LogP contribution is -2.09. The molecular weight excluding hydrogens is 286 g/mol. The molecule has 1 saturated carbocycles. The van der Waals surface area contributed by atoms with E-state index in [4.69, 9.17) is 10.00 Å². The van der Waals surface area contributed by atoms with Gasteiger partial charge in [-0.15, -0.1) is 0 Å². The molecule has 1 fully saturated rings. The van der Waals surface area contributed by atoms with Crippen LogP contribution in [0.4, 0.5) is 0 Å². The summed E-state index contributed by atoms with van der Waals surface area (Å²) in [6.45, 7) is 0. The summed E-state index contributed by atoms with van der Waals surface area (Å²) < 4.78 is 5.34. The third-order valence-corrected chi connectivity index (χ3v) is 4.42. The van der Waals surface area contributed by atoms with Gasteiger partial charge in [0.15, 0.2) is 0 Å². The number of rotatable bonds is 3. The van der Waals surface area contributed by atoms with Crippen molar-refractivity contribution in [3.8, 4) is 11.8 Å². The maximum atomic E-state index is 12.2. The van der Waals surface area contributed by atoms with Gasteiger partial charge in [-0.2, -0.15) is 5.26 Å². The summed E-state index contributed by atoms with van der Waals surface area (Å²) in [5, 5.41) is 8.76. The zero-order valence-corrected chi connectivity index (χ0v) is 13.0. The minimum atomic E-state index is -0.370. The van der Waals surface area contributed by atoms with E-state index in [9.17, 15) is 4.79 Å². The first-order valence-electron chi connectivity index (χ1n) is 8.08. The van der Waals surface area contributed by atoms with Crippen LogP contribution in [0, 0.1) is 11.3 Å². The highest BCUT2D eigenvalue weighted by Gasteiger charge is 2.16. The molecule has 0 aromatic heterocycles. The van der Waals surface area contributed by atoms with Crippen molar-refractivity contribution in [3.05, 3.63) is 65.2 Å². The van der Waals surface area contributed by atoms with Crippen molar-refractivity contribution < 1.29 is 9.53 Å². The van der Waals surface area contributed by atoms with Gasteiger partial charge in [-0.1, -0.05) is 31.4 Å². The molecule has 0 N–H and O–H groups in total. The highest BCUT2D eigenvalue weighted by atomic mass is 16.5. The number of ether oxygens (including phenoxy) is 1. The molecule has 0 bridgehead atoms. The van der Waals surface area contributed by atoms with Crippen LogP contribution >= 0.6 is 0 Å². The van der Waals surface area contributed by atoms with Gasteiger partial charge in [-0.3, -0.25) is 0 Å². The van der Waals surface area contributed by atoms with Gasteiger partial charge in [-0.25, -0.2) is 4.79 Å². The molecule has 0 saturated heterocycles. The minimum Gasteiger partial charge on any atom is -0.423 e. The minimum absolute atomic E-state index is 0.370. The van der Waals surface area contributed by atoms with Crippen molar-refractivity contribution >= 4 is 5.97 Å². The van der Waals surface area contributed by atoms with Crippen LogP contribution in [0.1, 0.15) is 59.5 Å². The molecule has 3 nitrogen and oxygen atoms in total. The predicted molar refractivity (Wildman–Crippen MR) is 88.4 cm³/mol. The number of carbonyl (C=O) groups excluding carboxylic acids is 1. The second kappa shape index (κ2) is 7.11. The lowest BCUT2D eigenvalue weighted by Gasteiger charge is -2.21. The summed E-state index contributed by atoms with van der Waals surface area (Å²) >= 11 is 0. The SMILES string of the molecule is N#Cc1ccc(OC(=O)c2ccc(C3CCCCC3)cc2)cc1. The van der Waals surface area contributed by atoms with Crippen LogP contribution in [-0.4, -0.2) is 5.97 Å². The Morgan fingerprint density at radius 1 is 0.957 bits per heavy atom. The summed E-state index contributed by atoms with van der Waals surface area (Å²) in [6.07, 6.45) is 6.43. The number of nitrogens with zero attached hydrogens (tertiary/aromatic N) is 1. The van der Waals surface area contributed by atoms with Crippen LogP contribution in [-0.2, 0) is 0 Å². The largest absolute Gasteiger partial charge is 0.423 e. The topological polar surface area (TPSA) is 50.1 Å². The second-order valence-corrected chi connectivity index (χ2v) is 5.98. The molecule has 0 amide bonds. The Morgan fingerprint density at radius 2 is 1.61 bits per heavy atom. The second-order valence-electron chi connectivity index (χ2n) is 5.98. The van der Waals surface area contributed by atoms with Crippen LogP contribution < -0.4 is 4.74 Å². The summed E-state index contributed by atoms with van der Waals surface area (Å²) in [4.78, 5) is 12.2. The normalized spacial score (nSPS) is 14.9. The van der Waals surface area contributed by atoms with Crippen LogP contribution in [0.5, 0.6) is 5.75 Å². The van der Waals surface area contributed by atoms with Crippen molar-refractivity contribution in [2.75, 3.05) is 0 Å². The van der Waals surface area contributed by atoms with Crippen LogP contribution in [0.2, 0.25) is 0 Å². The molecule has 0 radical (unpaired) electrons. The van der Waals surface area contributed by atoms with E-state index >= 15 is 0 Å². The van der Waals surface area contributed by atoms with E-state index in [-0.39, 0.29) is 5.97 Å². The summed E-state index contributed by atoms with van der Waals surface area (Å²) in [5.74, 6) is 0.711. The van der Waals surface area contributed by atoms with E-state index in [2.05, 4.69) is 0 Å². The van der Waals surface area contributed by atoms with Crippen LogP contribution in [0.15, 0.2) is 48.5 Å². The molecule has 2 aromatic rings. The predicted octanol–water partition coefficient (Wildman–Crippen LogP) is 4.83. The van der Waals surface area contributed by atoms with Gasteiger partial charge in [0.1, 0.15) is 5.75 Å². The first kappa shape index (κ1) is 15.3. The van der Waals surface area contributed by atoms with Gasteiger partial charge in [-0.05, 0) is 60.7 Å². The summed E-state index contributed by atoms with van der Waals surface area (Å²) in [5.41, 5.74) is 2.41. The number of carbonyl (C=O) groups is 1.